The van der Waals surface area contributed by atoms with Gasteiger partial charge in [0.1, 0.15) is 17.2 Å². The summed E-state index contributed by atoms with van der Waals surface area (Å²) >= 11 is 0. The lowest BCUT2D eigenvalue weighted by Crippen LogP contribution is -2.53. The quantitative estimate of drug-likeness (QED) is 0.228. The van der Waals surface area contributed by atoms with Gasteiger partial charge in [-0.05, 0) is 50.2 Å². The zero-order valence-electron chi connectivity index (χ0n) is 20.8. The van der Waals surface area contributed by atoms with Gasteiger partial charge in [-0.15, -0.1) is 0 Å². The Morgan fingerprint density at radius 2 is 1.72 bits per heavy atom. The van der Waals surface area contributed by atoms with E-state index in [4.69, 9.17) is 9.15 Å². The minimum atomic E-state index is -5.98. The number of methoxy groups -OCH3 is 1. The first-order valence-electron chi connectivity index (χ1n) is 11.4. The first kappa shape index (κ1) is 28.0. The highest BCUT2D eigenvalue weighted by Crippen LogP contribution is 2.50. The molecule has 0 radical (unpaired) electrons. The molecule has 0 aliphatic carbocycles. The standard InChI is InChI=1S/C26H22F6N2O5/c1-14-9-17-10-18(24(36,25(27,28)29)26(30,31)32)7-8-21(17)34(14)12-20-15(2)39-23(33-20)16-5-4-6-19(11-16)38-13-22(35)37-3/h4-11,36H,12-13H2,1-3H3. The highest BCUT2D eigenvalue weighted by Gasteiger charge is 2.71. The molecule has 2 heterocycles. The number of benzene rings is 2. The highest BCUT2D eigenvalue weighted by atomic mass is 19.4. The SMILES string of the molecule is COC(=O)COc1cccc(-c2nc(Cn3c(C)cc4cc(C(O)(C(F)(F)F)C(F)(F)F)ccc43)c(C)o2)c1. The fraction of sp³-hybridized carbons (Fsp3) is 0.308. The van der Waals surface area contributed by atoms with E-state index in [2.05, 4.69) is 9.72 Å². The van der Waals surface area contributed by atoms with E-state index in [-0.39, 0.29) is 24.4 Å². The smallest absolute Gasteiger partial charge is 0.430 e. The molecule has 0 saturated carbocycles. The summed E-state index contributed by atoms with van der Waals surface area (Å²) in [5.41, 5.74) is -4.46. The Hall–Kier alpha value is -4.00. The van der Waals surface area contributed by atoms with Gasteiger partial charge in [0.15, 0.2) is 6.61 Å². The van der Waals surface area contributed by atoms with Crippen LogP contribution < -0.4 is 4.74 Å². The van der Waals surface area contributed by atoms with Crippen LogP contribution in [-0.2, 0) is 21.7 Å². The average Bonchev–Trinajstić information content (AvgIpc) is 3.39. The van der Waals surface area contributed by atoms with Crippen LogP contribution in [-0.4, -0.2) is 46.7 Å². The van der Waals surface area contributed by atoms with E-state index in [0.717, 1.165) is 6.07 Å². The number of carbonyl (C=O) groups is 1. The second-order valence-electron chi connectivity index (χ2n) is 8.77. The van der Waals surface area contributed by atoms with E-state index >= 15 is 0 Å². The third kappa shape index (κ3) is 5.18. The predicted octanol–water partition coefficient (Wildman–Crippen LogP) is 5.83. The van der Waals surface area contributed by atoms with Crippen LogP contribution >= 0.6 is 0 Å². The molecule has 0 bridgehead atoms. The van der Waals surface area contributed by atoms with E-state index in [1.54, 1.807) is 42.7 Å². The molecule has 0 saturated heterocycles. The molecule has 208 valence electrons. The molecule has 4 rings (SSSR count). The van der Waals surface area contributed by atoms with E-state index in [9.17, 15) is 36.2 Å². The molecule has 0 amide bonds. The number of oxazole rings is 1. The van der Waals surface area contributed by atoms with Gasteiger partial charge in [-0.3, -0.25) is 0 Å². The molecule has 0 spiro atoms. The molecule has 7 nitrogen and oxygen atoms in total. The summed E-state index contributed by atoms with van der Waals surface area (Å²) < 4.78 is 97.4. The number of hydrogen-bond acceptors (Lipinski definition) is 6. The van der Waals surface area contributed by atoms with Crippen molar-refractivity contribution in [1.29, 1.82) is 0 Å². The zero-order valence-corrected chi connectivity index (χ0v) is 20.8. The second kappa shape index (κ2) is 9.95. The Balaban J connectivity index is 1.65. The molecule has 0 aliphatic rings. The molecule has 0 fully saturated rings. The van der Waals surface area contributed by atoms with Gasteiger partial charge in [0.25, 0.3) is 5.60 Å². The first-order valence-corrected chi connectivity index (χ1v) is 11.4. The minimum Gasteiger partial charge on any atom is -0.482 e. The summed E-state index contributed by atoms with van der Waals surface area (Å²) in [6.45, 7) is 3.11. The third-order valence-corrected chi connectivity index (χ3v) is 6.21. The number of esters is 1. The summed E-state index contributed by atoms with van der Waals surface area (Å²) in [5.74, 6) is 0.490. The molecular weight excluding hydrogens is 534 g/mol. The predicted molar refractivity (Wildman–Crippen MR) is 126 cm³/mol. The van der Waals surface area contributed by atoms with Crippen molar-refractivity contribution >= 4 is 16.9 Å². The van der Waals surface area contributed by atoms with Gasteiger partial charge in [0, 0.05) is 27.7 Å². The molecule has 2 aromatic carbocycles. The van der Waals surface area contributed by atoms with E-state index < -0.39 is 29.5 Å². The molecule has 0 atom stereocenters. The Bertz CT molecular complexity index is 1510. The van der Waals surface area contributed by atoms with Crippen molar-refractivity contribution in [2.24, 2.45) is 0 Å². The van der Waals surface area contributed by atoms with Crippen molar-refractivity contribution in [3.8, 4) is 17.2 Å². The molecule has 1 N–H and O–H groups in total. The number of hydrogen-bond donors (Lipinski definition) is 1. The number of nitrogens with zero attached hydrogens (tertiary/aromatic N) is 2. The van der Waals surface area contributed by atoms with Gasteiger partial charge in [-0.1, -0.05) is 12.1 Å². The molecule has 39 heavy (non-hydrogen) atoms. The summed E-state index contributed by atoms with van der Waals surface area (Å²) in [6, 6.07) is 10.4. The Morgan fingerprint density at radius 3 is 2.36 bits per heavy atom. The van der Waals surface area contributed by atoms with Gasteiger partial charge < -0.3 is 23.6 Å². The maximum Gasteiger partial charge on any atom is 0.430 e. The number of aliphatic hydroxyl groups is 1. The molecule has 0 unspecified atom stereocenters. The van der Waals surface area contributed by atoms with Crippen LogP contribution in [0.15, 0.2) is 52.9 Å². The van der Waals surface area contributed by atoms with Crippen LogP contribution in [0.2, 0.25) is 0 Å². The fourth-order valence-electron chi connectivity index (χ4n) is 4.10. The maximum atomic E-state index is 13.3. The van der Waals surface area contributed by atoms with Crippen molar-refractivity contribution in [3.63, 3.8) is 0 Å². The van der Waals surface area contributed by atoms with Crippen LogP contribution in [0.25, 0.3) is 22.4 Å². The molecule has 4 aromatic rings. The number of aromatic nitrogens is 2. The Morgan fingerprint density at radius 1 is 1.03 bits per heavy atom. The van der Waals surface area contributed by atoms with Crippen molar-refractivity contribution in [3.05, 3.63) is 71.2 Å². The van der Waals surface area contributed by atoms with Crippen molar-refractivity contribution < 1.29 is 50.1 Å². The van der Waals surface area contributed by atoms with Crippen molar-refractivity contribution in [2.75, 3.05) is 13.7 Å². The highest BCUT2D eigenvalue weighted by molar-refractivity contribution is 5.82. The number of alkyl halides is 6. The van der Waals surface area contributed by atoms with Gasteiger partial charge >= 0.3 is 18.3 Å². The largest absolute Gasteiger partial charge is 0.482 e. The molecule has 0 aliphatic heterocycles. The van der Waals surface area contributed by atoms with Gasteiger partial charge in [-0.2, -0.15) is 26.3 Å². The minimum absolute atomic E-state index is 0.0775. The number of ether oxygens (including phenoxy) is 2. The molecule has 13 heteroatoms. The normalized spacial score (nSPS) is 12.7. The average molecular weight is 556 g/mol. The van der Waals surface area contributed by atoms with Crippen LogP contribution in [0.1, 0.15) is 22.7 Å². The number of carbonyl (C=O) groups excluding carboxylic acids is 1. The first-order chi connectivity index (χ1) is 18.2. The third-order valence-electron chi connectivity index (χ3n) is 6.21. The van der Waals surface area contributed by atoms with E-state index in [1.165, 1.54) is 13.2 Å². The molecule has 2 aromatic heterocycles. The fourth-order valence-corrected chi connectivity index (χ4v) is 4.10. The van der Waals surface area contributed by atoms with Crippen molar-refractivity contribution in [2.45, 2.75) is 38.3 Å². The lowest BCUT2D eigenvalue weighted by molar-refractivity contribution is -0.376. The number of fused-ring (bicyclic) bond motifs is 1. The van der Waals surface area contributed by atoms with Gasteiger partial charge in [-0.25, -0.2) is 9.78 Å². The monoisotopic (exact) mass is 556 g/mol. The Labute approximate surface area is 217 Å². The number of aryl methyl sites for hydroxylation is 2. The van der Waals surface area contributed by atoms with Crippen LogP contribution in [0, 0.1) is 13.8 Å². The zero-order chi connectivity index (χ0) is 28.8. The van der Waals surface area contributed by atoms with E-state index in [1.807, 2.05) is 0 Å². The topological polar surface area (TPSA) is 86.7 Å². The summed E-state index contributed by atoms with van der Waals surface area (Å²) in [5, 5.41) is 9.83. The lowest BCUT2D eigenvalue weighted by Gasteiger charge is -2.32. The van der Waals surface area contributed by atoms with Crippen molar-refractivity contribution in [1.82, 2.24) is 9.55 Å². The Kier molecular flexibility index (Phi) is 7.15. The summed E-state index contributed by atoms with van der Waals surface area (Å²) in [4.78, 5) is 15.8. The van der Waals surface area contributed by atoms with Gasteiger partial charge in [0.2, 0.25) is 5.89 Å². The summed E-state index contributed by atoms with van der Waals surface area (Å²) in [7, 11) is 1.23. The van der Waals surface area contributed by atoms with E-state index in [0.29, 0.717) is 46.1 Å². The summed E-state index contributed by atoms with van der Waals surface area (Å²) in [6.07, 6.45) is -12.0. The van der Waals surface area contributed by atoms with Crippen LogP contribution in [0.5, 0.6) is 5.75 Å². The van der Waals surface area contributed by atoms with Crippen LogP contribution in [0.3, 0.4) is 0 Å². The lowest BCUT2D eigenvalue weighted by atomic mass is 9.91. The number of halogens is 6. The molecular formula is C26H22F6N2O5. The number of rotatable bonds is 7. The van der Waals surface area contributed by atoms with Crippen LogP contribution in [0.4, 0.5) is 26.3 Å². The van der Waals surface area contributed by atoms with Gasteiger partial charge in [0.05, 0.1) is 13.7 Å². The maximum absolute atomic E-state index is 13.3. The second-order valence-corrected chi connectivity index (χ2v) is 8.77.